The Bertz CT molecular complexity index is 1400. The molecule has 2 aromatic heterocycles. The quantitative estimate of drug-likeness (QED) is 0.182. The Balaban J connectivity index is 1.72. The largest absolute Gasteiger partial charge is 0.478 e. The van der Waals surface area contributed by atoms with Crippen LogP contribution in [-0.2, 0) is 16.5 Å². The van der Waals surface area contributed by atoms with Crippen LogP contribution in [0, 0.1) is 5.82 Å². The third kappa shape index (κ3) is 4.99. The number of allylic oxidation sites excluding steroid dienone is 3. The first kappa shape index (κ1) is 25.8. The van der Waals surface area contributed by atoms with Gasteiger partial charge in [-0.25, -0.2) is 14.2 Å². The van der Waals surface area contributed by atoms with E-state index in [1.807, 2.05) is 25.6 Å². The van der Waals surface area contributed by atoms with E-state index in [1.165, 1.54) is 6.07 Å². The van der Waals surface area contributed by atoms with E-state index in [4.69, 9.17) is 9.47 Å². The predicted molar refractivity (Wildman–Crippen MR) is 142 cm³/mol. The van der Waals surface area contributed by atoms with Crippen LogP contribution in [0.2, 0.25) is 0 Å². The summed E-state index contributed by atoms with van der Waals surface area (Å²) in [5.74, 6) is -0.00243. The molecule has 4 rings (SSSR count). The highest BCUT2D eigenvalue weighted by atomic mass is 19.1. The molecule has 2 heterocycles. The zero-order valence-electron chi connectivity index (χ0n) is 21.6. The molecule has 1 saturated carbocycles. The van der Waals surface area contributed by atoms with Crippen molar-refractivity contribution >= 4 is 34.2 Å². The van der Waals surface area contributed by atoms with Crippen LogP contribution in [-0.4, -0.2) is 66.2 Å². The molecule has 0 bridgehead atoms. The smallest absolute Gasteiger partial charge is 0.329 e. The van der Waals surface area contributed by atoms with E-state index in [-0.39, 0.29) is 23.7 Å². The summed E-state index contributed by atoms with van der Waals surface area (Å²) in [4.78, 5) is 23.6. The van der Waals surface area contributed by atoms with Gasteiger partial charge < -0.3 is 14.4 Å². The number of aliphatic imine (C=N–C) groups is 1. The van der Waals surface area contributed by atoms with Gasteiger partial charge in [-0.05, 0) is 58.6 Å². The Labute approximate surface area is 210 Å². The third-order valence-electron chi connectivity index (χ3n) is 6.83. The van der Waals surface area contributed by atoms with Gasteiger partial charge in [0.1, 0.15) is 5.82 Å². The minimum Gasteiger partial charge on any atom is -0.478 e. The summed E-state index contributed by atoms with van der Waals surface area (Å²) < 4.78 is 29.7. The SMILES string of the molecule is C=N/C(=C\C=C(/C)c1cc2c(cc1F)ncc1c2n([C@H]2C[C@@H](OC)C2)c(=O)n1C)OCCCN(C)C. The summed E-state index contributed by atoms with van der Waals surface area (Å²) in [6.07, 6.45) is 7.64. The zero-order valence-corrected chi connectivity index (χ0v) is 21.6. The molecule has 1 aliphatic rings. The summed E-state index contributed by atoms with van der Waals surface area (Å²) in [5, 5.41) is 0.737. The molecular formula is C27H34FN5O3. The van der Waals surface area contributed by atoms with Gasteiger partial charge in [-0.1, -0.05) is 6.08 Å². The van der Waals surface area contributed by atoms with E-state index < -0.39 is 0 Å². The fourth-order valence-electron chi connectivity index (χ4n) is 4.62. The van der Waals surface area contributed by atoms with E-state index in [0.717, 1.165) is 42.2 Å². The lowest BCUT2D eigenvalue weighted by Crippen LogP contribution is -2.37. The Hall–Kier alpha value is -3.30. The van der Waals surface area contributed by atoms with Crippen LogP contribution in [0.5, 0.6) is 0 Å². The first-order valence-electron chi connectivity index (χ1n) is 12.1. The van der Waals surface area contributed by atoms with Crippen LogP contribution in [0.1, 0.15) is 37.8 Å². The number of imidazole rings is 1. The molecule has 0 atom stereocenters. The molecular weight excluding hydrogens is 461 g/mol. The van der Waals surface area contributed by atoms with E-state index in [1.54, 1.807) is 43.1 Å². The standard InChI is InChI=1S/C27H34FN5O3/c1-17(8-9-25(29-2)36-11-7-10-31(3)4)20-14-21-23(15-22(20)28)30-16-24-26(21)33(27(34)32(24)5)18-12-19(13-18)35-6/h8-9,14-16,18-19H,2,7,10-13H2,1,3-6H3/b17-8+,25-9+/t18-,19+. The van der Waals surface area contributed by atoms with Crippen LogP contribution >= 0.6 is 0 Å². The number of aryl methyl sites for hydroxylation is 1. The molecule has 0 unspecified atom stereocenters. The zero-order chi connectivity index (χ0) is 26.0. The number of hydrogen-bond donors (Lipinski definition) is 0. The maximum atomic E-state index is 15.2. The van der Waals surface area contributed by atoms with E-state index >= 15 is 4.39 Å². The number of fused-ring (bicyclic) bond motifs is 3. The molecule has 36 heavy (non-hydrogen) atoms. The highest BCUT2D eigenvalue weighted by molar-refractivity contribution is 6.03. The van der Waals surface area contributed by atoms with E-state index in [9.17, 15) is 4.79 Å². The second kappa shape index (κ2) is 10.8. The van der Waals surface area contributed by atoms with Gasteiger partial charge in [0, 0.05) is 49.8 Å². The van der Waals surface area contributed by atoms with Crippen molar-refractivity contribution in [2.24, 2.45) is 12.0 Å². The molecule has 1 aliphatic carbocycles. The normalized spacial score (nSPS) is 18.8. The highest BCUT2D eigenvalue weighted by Gasteiger charge is 2.33. The lowest BCUT2D eigenvalue weighted by Gasteiger charge is -2.34. The van der Waals surface area contributed by atoms with Crippen LogP contribution in [0.15, 0.2) is 46.2 Å². The van der Waals surface area contributed by atoms with Crippen molar-refractivity contribution in [3.8, 4) is 0 Å². The minimum atomic E-state index is -0.385. The fourth-order valence-corrected chi connectivity index (χ4v) is 4.62. The molecule has 0 amide bonds. The summed E-state index contributed by atoms with van der Waals surface area (Å²) >= 11 is 0. The van der Waals surface area contributed by atoms with Crippen molar-refractivity contribution in [1.82, 2.24) is 19.0 Å². The molecule has 0 aliphatic heterocycles. The van der Waals surface area contributed by atoms with Gasteiger partial charge in [-0.2, -0.15) is 0 Å². The Morgan fingerprint density at radius 3 is 2.75 bits per heavy atom. The number of nitrogens with zero attached hydrogens (tertiary/aromatic N) is 5. The molecule has 192 valence electrons. The van der Waals surface area contributed by atoms with Gasteiger partial charge in [-0.15, -0.1) is 0 Å². The molecule has 3 aromatic rings. The van der Waals surface area contributed by atoms with Crippen LogP contribution in [0.25, 0.3) is 27.5 Å². The van der Waals surface area contributed by atoms with Crippen molar-refractivity contribution in [2.45, 2.75) is 38.3 Å². The second-order valence-electron chi connectivity index (χ2n) is 9.55. The Morgan fingerprint density at radius 1 is 1.33 bits per heavy atom. The molecule has 1 aromatic carbocycles. The van der Waals surface area contributed by atoms with Gasteiger partial charge in [-0.3, -0.25) is 14.1 Å². The topological polar surface area (TPSA) is 73.9 Å². The van der Waals surface area contributed by atoms with Gasteiger partial charge in [0.15, 0.2) is 0 Å². The Kier molecular flexibility index (Phi) is 7.70. The number of hydrogen-bond acceptors (Lipinski definition) is 6. The maximum absolute atomic E-state index is 15.2. The van der Waals surface area contributed by atoms with Crippen LogP contribution in [0.3, 0.4) is 0 Å². The summed E-state index contributed by atoms with van der Waals surface area (Å²) in [6.45, 7) is 6.82. The first-order valence-corrected chi connectivity index (χ1v) is 12.1. The molecule has 1 fully saturated rings. The minimum absolute atomic E-state index is 0.0377. The van der Waals surface area contributed by atoms with Gasteiger partial charge in [0.25, 0.3) is 0 Å². The van der Waals surface area contributed by atoms with Crippen molar-refractivity contribution in [3.05, 3.63) is 58.2 Å². The van der Waals surface area contributed by atoms with Crippen molar-refractivity contribution in [2.75, 3.05) is 34.4 Å². The fraction of sp³-hybridized carbons (Fsp3) is 0.444. The summed E-state index contributed by atoms with van der Waals surface area (Å²) in [7, 11) is 7.44. The van der Waals surface area contributed by atoms with Crippen molar-refractivity contribution < 1.29 is 13.9 Å². The molecule has 8 nitrogen and oxygen atoms in total. The Morgan fingerprint density at radius 2 is 2.08 bits per heavy atom. The number of aromatic nitrogens is 3. The monoisotopic (exact) mass is 495 g/mol. The first-order chi connectivity index (χ1) is 17.2. The number of rotatable bonds is 10. The predicted octanol–water partition coefficient (Wildman–Crippen LogP) is 4.29. The lowest BCUT2D eigenvalue weighted by atomic mass is 9.89. The lowest BCUT2D eigenvalue weighted by molar-refractivity contribution is 0.00635. The molecule has 0 N–H and O–H groups in total. The highest BCUT2D eigenvalue weighted by Crippen LogP contribution is 2.37. The number of halogens is 1. The number of methoxy groups -OCH3 is 1. The summed E-state index contributed by atoms with van der Waals surface area (Å²) in [5.41, 5.74) is 3.01. The molecule has 0 saturated heterocycles. The average Bonchev–Trinajstić information content (AvgIpc) is 3.07. The molecule has 0 spiro atoms. The maximum Gasteiger partial charge on any atom is 0.329 e. The average molecular weight is 496 g/mol. The third-order valence-corrected chi connectivity index (χ3v) is 6.83. The van der Waals surface area contributed by atoms with Gasteiger partial charge in [0.2, 0.25) is 5.88 Å². The van der Waals surface area contributed by atoms with Crippen LogP contribution < -0.4 is 5.69 Å². The van der Waals surface area contributed by atoms with Gasteiger partial charge >= 0.3 is 5.69 Å². The van der Waals surface area contributed by atoms with E-state index in [2.05, 4.69) is 21.6 Å². The van der Waals surface area contributed by atoms with Gasteiger partial charge in [0.05, 0.1) is 35.5 Å². The molecule has 0 radical (unpaired) electrons. The van der Waals surface area contributed by atoms with Crippen LogP contribution in [0.4, 0.5) is 4.39 Å². The van der Waals surface area contributed by atoms with Crippen molar-refractivity contribution in [3.63, 3.8) is 0 Å². The number of pyridine rings is 1. The summed E-state index contributed by atoms with van der Waals surface area (Å²) in [6, 6.07) is 3.24. The second-order valence-corrected chi connectivity index (χ2v) is 9.55. The van der Waals surface area contributed by atoms with Crippen molar-refractivity contribution in [1.29, 1.82) is 0 Å². The van der Waals surface area contributed by atoms with E-state index in [0.29, 0.717) is 29.1 Å². The number of ether oxygens (including phenoxy) is 2. The number of benzene rings is 1. The molecule has 9 heteroatoms.